The zero-order chi connectivity index (χ0) is 18.6. The lowest BCUT2D eigenvalue weighted by Crippen LogP contribution is -2.18. The van der Waals surface area contributed by atoms with E-state index in [-0.39, 0.29) is 0 Å². The summed E-state index contributed by atoms with van der Waals surface area (Å²) in [5.74, 6) is -2.06. The number of phenolic OH excluding ortho intramolecular Hbond substituents is 1. The molecule has 11 heteroatoms. The molecule has 0 saturated carbocycles. The fraction of sp³-hybridized carbons (Fsp3) is 0. The Morgan fingerprint density at radius 1 is 1.20 bits per heavy atom. The van der Waals surface area contributed by atoms with Crippen LogP contribution in [0, 0.1) is 20.2 Å². The summed E-state index contributed by atoms with van der Waals surface area (Å²) in [6.45, 7) is 0. The quantitative estimate of drug-likeness (QED) is 0.473. The first-order valence-electron chi connectivity index (χ1n) is 6.55. The zero-order valence-electron chi connectivity index (χ0n) is 12.2. The van der Waals surface area contributed by atoms with E-state index in [0.717, 1.165) is 0 Å². The van der Waals surface area contributed by atoms with Crippen molar-refractivity contribution < 1.29 is 19.7 Å². The number of nitro benzene ring substituents is 2. The Bertz CT molecular complexity index is 899. The lowest BCUT2D eigenvalue weighted by molar-refractivity contribution is -0.394. The molecule has 0 aliphatic carbocycles. The molecule has 0 aliphatic heterocycles. The molecule has 0 unspecified atom stereocenters. The van der Waals surface area contributed by atoms with Crippen LogP contribution in [0.5, 0.6) is 5.75 Å². The predicted molar refractivity (Wildman–Crippen MR) is 87.9 cm³/mol. The summed E-state index contributed by atoms with van der Waals surface area (Å²) in [5, 5.41) is 35.5. The number of rotatable bonds is 5. The minimum absolute atomic E-state index is 0.370. The van der Waals surface area contributed by atoms with Gasteiger partial charge in [0, 0.05) is 16.7 Å². The van der Waals surface area contributed by atoms with Gasteiger partial charge in [0.15, 0.2) is 0 Å². The molecule has 0 fully saturated rings. The second kappa shape index (κ2) is 7.36. The van der Waals surface area contributed by atoms with Crippen LogP contribution in [0.25, 0.3) is 0 Å². The third kappa shape index (κ3) is 4.06. The van der Waals surface area contributed by atoms with Gasteiger partial charge in [-0.1, -0.05) is 29.8 Å². The maximum absolute atomic E-state index is 12.0. The first-order chi connectivity index (χ1) is 11.8. The molecule has 2 N–H and O–H groups in total. The highest BCUT2D eigenvalue weighted by Crippen LogP contribution is 2.34. The maximum atomic E-state index is 12.0. The molecule has 0 aliphatic rings. The average Bonchev–Trinajstić information content (AvgIpc) is 2.56. The highest BCUT2D eigenvalue weighted by Gasteiger charge is 2.27. The second-order valence-corrected chi connectivity index (χ2v) is 5.00. The lowest BCUT2D eigenvalue weighted by Gasteiger charge is -2.04. The third-order valence-electron chi connectivity index (χ3n) is 3.00. The maximum Gasteiger partial charge on any atom is 0.318 e. The van der Waals surface area contributed by atoms with Crippen molar-refractivity contribution >= 4 is 35.1 Å². The summed E-state index contributed by atoms with van der Waals surface area (Å²) >= 11 is 5.90. The molecule has 0 bridgehead atoms. The van der Waals surface area contributed by atoms with Crippen LogP contribution in [0.4, 0.5) is 11.4 Å². The van der Waals surface area contributed by atoms with E-state index in [1.807, 2.05) is 5.43 Å². The zero-order valence-corrected chi connectivity index (χ0v) is 13.0. The van der Waals surface area contributed by atoms with E-state index in [9.17, 15) is 30.1 Å². The van der Waals surface area contributed by atoms with Crippen LogP contribution < -0.4 is 5.43 Å². The number of non-ortho nitro benzene ring substituents is 1. The van der Waals surface area contributed by atoms with Crippen molar-refractivity contribution in [1.82, 2.24) is 5.43 Å². The van der Waals surface area contributed by atoms with Gasteiger partial charge in [-0.3, -0.25) is 25.0 Å². The summed E-state index contributed by atoms with van der Waals surface area (Å²) in [5.41, 5.74) is 0.163. The molecule has 10 nitrogen and oxygen atoms in total. The van der Waals surface area contributed by atoms with Crippen molar-refractivity contribution in [3.8, 4) is 5.75 Å². The van der Waals surface area contributed by atoms with Gasteiger partial charge in [0.2, 0.25) is 5.75 Å². The average molecular weight is 365 g/mol. The summed E-state index contributed by atoms with van der Waals surface area (Å²) in [6, 6.07) is 7.86. The van der Waals surface area contributed by atoms with E-state index >= 15 is 0 Å². The van der Waals surface area contributed by atoms with Crippen molar-refractivity contribution in [2.24, 2.45) is 5.10 Å². The number of hydrogen-bond donors (Lipinski definition) is 2. The third-order valence-corrected chi connectivity index (χ3v) is 3.35. The van der Waals surface area contributed by atoms with E-state index in [1.54, 1.807) is 24.3 Å². The minimum atomic E-state index is -1.06. The van der Waals surface area contributed by atoms with Crippen molar-refractivity contribution in [3.63, 3.8) is 0 Å². The van der Waals surface area contributed by atoms with Gasteiger partial charge in [-0.2, -0.15) is 5.10 Å². The number of phenols is 1. The molecule has 25 heavy (non-hydrogen) atoms. The second-order valence-electron chi connectivity index (χ2n) is 4.60. The Morgan fingerprint density at radius 2 is 1.88 bits per heavy atom. The molecular formula is C14H9ClN4O6. The molecule has 0 radical (unpaired) electrons. The molecule has 1 amide bonds. The highest BCUT2D eigenvalue weighted by atomic mass is 35.5. The molecule has 2 aromatic rings. The van der Waals surface area contributed by atoms with E-state index in [1.165, 1.54) is 6.21 Å². The molecule has 2 aromatic carbocycles. The first kappa shape index (κ1) is 17.8. The molecular weight excluding hydrogens is 356 g/mol. The van der Waals surface area contributed by atoms with Gasteiger partial charge >= 0.3 is 5.69 Å². The van der Waals surface area contributed by atoms with Crippen molar-refractivity contribution in [2.75, 3.05) is 0 Å². The number of amides is 1. The van der Waals surface area contributed by atoms with Crippen LogP contribution in [-0.2, 0) is 0 Å². The van der Waals surface area contributed by atoms with E-state index in [4.69, 9.17) is 11.6 Å². The number of hydrogen-bond acceptors (Lipinski definition) is 7. The predicted octanol–water partition coefficient (Wildman–Crippen LogP) is 2.63. The number of nitro groups is 2. The standard InChI is InChI=1S/C14H9ClN4O6/c15-11-4-2-1-3-8(11)7-16-17-14(21)10-5-9(18(22)23)6-12(13(10)20)19(24)25/h1-7,20H,(H,17,21). The number of hydrazone groups is 1. The van der Waals surface area contributed by atoms with E-state index < -0.39 is 38.4 Å². The van der Waals surface area contributed by atoms with Crippen LogP contribution in [0.3, 0.4) is 0 Å². The summed E-state index contributed by atoms with van der Waals surface area (Å²) in [4.78, 5) is 31.7. The van der Waals surface area contributed by atoms with E-state index in [0.29, 0.717) is 22.7 Å². The van der Waals surface area contributed by atoms with Gasteiger partial charge in [-0.05, 0) is 6.07 Å². The lowest BCUT2D eigenvalue weighted by atomic mass is 10.1. The Morgan fingerprint density at radius 3 is 2.48 bits per heavy atom. The minimum Gasteiger partial charge on any atom is -0.502 e. The van der Waals surface area contributed by atoms with Gasteiger partial charge in [0.1, 0.15) is 0 Å². The Labute approximate surface area is 144 Å². The highest BCUT2D eigenvalue weighted by molar-refractivity contribution is 6.33. The van der Waals surface area contributed by atoms with Gasteiger partial charge in [-0.15, -0.1) is 0 Å². The van der Waals surface area contributed by atoms with Crippen molar-refractivity contribution in [3.05, 3.63) is 72.8 Å². The SMILES string of the molecule is O=C(NN=Cc1ccccc1Cl)c1cc([N+](=O)[O-])cc([N+](=O)[O-])c1O. The molecule has 0 aromatic heterocycles. The Hall–Kier alpha value is -3.53. The monoisotopic (exact) mass is 364 g/mol. The largest absolute Gasteiger partial charge is 0.502 e. The Balaban J connectivity index is 2.31. The van der Waals surface area contributed by atoms with Crippen LogP contribution in [0.2, 0.25) is 5.02 Å². The van der Waals surface area contributed by atoms with Crippen molar-refractivity contribution in [2.45, 2.75) is 0 Å². The first-order valence-corrected chi connectivity index (χ1v) is 6.92. The summed E-state index contributed by atoms with van der Waals surface area (Å²) < 4.78 is 0. The van der Waals surface area contributed by atoms with Crippen LogP contribution in [0.1, 0.15) is 15.9 Å². The number of halogens is 1. The van der Waals surface area contributed by atoms with Crippen LogP contribution >= 0.6 is 11.6 Å². The molecule has 0 spiro atoms. The topological polar surface area (TPSA) is 148 Å². The molecule has 2 rings (SSSR count). The van der Waals surface area contributed by atoms with Gasteiger partial charge in [0.05, 0.1) is 27.7 Å². The molecule has 128 valence electrons. The Kier molecular flexibility index (Phi) is 5.25. The fourth-order valence-corrected chi connectivity index (χ4v) is 2.01. The summed E-state index contributed by atoms with van der Waals surface area (Å²) in [6.07, 6.45) is 1.21. The normalized spacial score (nSPS) is 10.6. The summed E-state index contributed by atoms with van der Waals surface area (Å²) in [7, 11) is 0. The van der Waals surface area contributed by atoms with Crippen LogP contribution in [-0.4, -0.2) is 27.1 Å². The smallest absolute Gasteiger partial charge is 0.318 e. The molecule has 0 saturated heterocycles. The molecule has 0 atom stereocenters. The number of aromatic hydroxyl groups is 1. The molecule has 0 heterocycles. The van der Waals surface area contributed by atoms with Gasteiger partial charge in [0.25, 0.3) is 11.6 Å². The van der Waals surface area contributed by atoms with Crippen molar-refractivity contribution in [1.29, 1.82) is 0 Å². The number of nitrogens with zero attached hydrogens (tertiary/aromatic N) is 3. The number of benzene rings is 2. The van der Waals surface area contributed by atoms with Gasteiger partial charge in [-0.25, -0.2) is 5.43 Å². The number of carbonyl (C=O) groups excluding carboxylic acids is 1. The fourth-order valence-electron chi connectivity index (χ4n) is 1.82. The van der Waals surface area contributed by atoms with Crippen LogP contribution in [0.15, 0.2) is 41.5 Å². The number of carbonyl (C=O) groups is 1. The van der Waals surface area contributed by atoms with Gasteiger partial charge < -0.3 is 5.11 Å². The number of nitrogens with one attached hydrogen (secondary N) is 1. The van der Waals surface area contributed by atoms with E-state index in [2.05, 4.69) is 5.10 Å².